The van der Waals surface area contributed by atoms with Crippen LogP contribution < -0.4 is 14.8 Å². The van der Waals surface area contributed by atoms with Crippen molar-refractivity contribution in [3.63, 3.8) is 0 Å². The lowest BCUT2D eigenvalue weighted by molar-refractivity contribution is 0.136. The predicted molar refractivity (Wildman–Crippen MR) is 89.0 cm³/mol. The zero-order chi connectivity index (χ0) is 16.1. The lowest BCUT2D eigenvalue weighted by atomic mass is 10.1. The number of nitrogens with zero attached hydrogens (tertiary/aromatic N) is 1. The highest BCUT2D eigenvalue weighted by Gasteiger charge is 2.20. The van der Waals surface area contributed by atoms with Crippen LogP contribution >= 0.6 is 11.6 Å². The predicted octanol–water partition coefficient (Wildman–Crippen LogP) is 2.95. The summed E-state index contributed by atoms with van der Waals surface area (Å²) in [5, 5.41) is 16.3. The zero-order valence-corrected chi connectivity index (χ0v) is 13.2. The molecule has 1 saturated heterocycles. The van der Waals surface area contributed by atoms with E-state index in [4.69, 9.17) is 21.1 Å². The second-order valence-electron chi connectivity index (χ2n) is 5.19. The van der Waals surface area contributed by atoms with Gasteiger partial charge >= 0.3 is 0 Å². The van der Waals surface area contributed by atoms with Crippen molar-refractivity contribution in [2.75, 3.05) is 19.7 Å². The van der Waals surface area contributed by atoms with Crippen LogP contribution in [0.3, 0.4) is 0 Å². The number of halogens is 1. The topological polar surface area (TPSA) is 63.1 Å². The van der Waals surface area contributed by atoms with Gasteiger partial charge < -0.3 is 20.0 Å². The van der Waals surface area contributed by atoms with E-state index >= 15 is 0 Å². The van der Waals surface area contributed by atoms with Gasteiger partial charge in [0.2, 0.25) is 0 Å². The molecule has 120 valence electrons. The van der Waals surface area contributed by atoms with E-state index in [0.717, 1.165) is 18.7 Å². The van der Waals surface area contributed by atoms with Crippen molar-refractivity contribution in [3.05, 3.63) is 59.1 Å². The number of hydrogen-bond acceptors (Lipinski definition) is 5. The van der Waals surface area contributed by atoms with Crippen molar-refractivity contribution >= 4 is 17.3 Å². The summed E-state index contributed by atoms with van der Waals surface area (Å²) in [6.07, 6.45) is 0.121. The van der Waals surface area contributed by atoms with Crippen molar-refractivity contribution in [3.8, 4) is 11.5 Å². The van der Waals surface area contributed by atoms with Crippen LogP contribution in [0.5, 0.6) is 11.5 Å². The van der Waals surface area contributed by atoms with Crippen LogP contribution in [0, 0.1) is 0 Å². The van der Waals surface area contributed by atoms with E-state index < -0.39 is 0 Å². The largest absolute Gasteiger partial charge is 0.484 e. The molecule has 1 fully saturated rings. The van der Waals surface area contributed by atoms with E-state index in [9.17, 15) is 5.21 Å². The molecule has 2 aromatic carbocycles. The van der Waals surface area contributed by atoms with Gasteiger partial charge in [-0.25, -0.2) is 0 Å². The molecule has 0 spiro atoms. The minimum Gasteiger partial charge on any atom is -0.484 e. The van der Waals surface area contributed by atoms with E-state index in [1.54, 1.807) is 18.2 Å². The number of nitrogens with one attached hydrogen (secondary N) is 1. The third-order valence-electron chi connectivity index (χ3n) is 3.54. The van der Waals surface area contributed by atoms with Crippen LogP contribution in [-0.4, -0.2) is 36.7 Å². The molecule has 2 aromatic rings. The standard InChI is InChI=1S/C17H17ClN2O3/c18-13-6-7-16(17(8-13)23-14-9-19-10-14)22-11-15(20-21)12-4-2-1-3-5-12/h1-8,14,19,21H,9-11H2/b20-15-. The van der Waals surface area contributed by atoms with Gasteiger partial charge in [-0.2, -0.15) is 0 Å². The lowest BCUT2D eigenvalue weighted by Crippen LogP contribution is -2.50. The highest BCUT2D eigenvalue weighted by molar-refractivity contribution is 6.30. The highest BCUT2D eigenvalue weighted by Crippen LogP contribution is 2.31. The summed E-state index contributed by atoms with van der Waals surface area (Å²) in [6, 6.07) is 14.6. The molecule has 0 radical (unpaired) electrons. The van der Waals surface area contributed by atoms with Crippen LogP contribution in [0.4, 0.5) is 0 Å². The van der Waals surface area contributed by atoms with Gasteiger partial charge in [0.05, 0.1) is 0 Å². The van der Waals surface area contributed by atoms with Gasteiger partial charge in [0, 0.05) is 29.7 Å². The van der Waals surface area contributed by atoms with Crippen LogP contribution in [0.25, 0.3) is 0 Å². The summed E-state index contributed by atoms with van der Waals surface area (Å²) in [4.78, 5) is 0. The van der Waals surface area contributed by atoms with E-state index in [2.05, 4.69) is 10.5 Å². The number of rotatable bonds is 6. The monoisotopic (exact) mass is 332 g/mol. The average Bonchev–Trinajstić information content (AvgIpc) is 2.54. The summed E-state index contributed by atoms with van der Waals surface area (Å²) in [6.45, 7) is 1.74. The summed E-state index contributed by atoms with van der Waals surface area (Å²) >= 11 is 6.03. The van der Waals surface area contributed by atoms with Gasteiger partial charge in [0.15, 0.2) is 11.5 Å². The molecule has 0 unspecified atom stereocenters. The van der Waals surface area contributed by atoms with Crippen LogP contribution in [0.2, 0.25) is 5.02 Å². The van der Waals surface area contributed by atoms with Gasteiger partial charge in [-0.15, -0.1) is 0 Å². The first kappa shape index (κ1) is 15.6. The molecule has 0 atom stereocenters. The quantitative estimate of drug-likeness (QED) is 0.485. The van der Waals surface area contributed by atoms with Gasteiger partial charge in [-0.05, 0) is 12.1 Å². The summed E-state index contributed by atoms with van der Waals surface area (Å²) < 4.78 is 11.6. The Morgan fingerprint density at radius 3 is 2.61 bits per heavy atom. The Balaban J connectivity index is 1.71. The number of benzene rings is 2. The summed E-state index contributed by atoms with van der Waals surface area (Å²) in [5.74, 6) is 1.16. The Kier molecular flexibility index (Phi) is 5.00. The molecule has 2 N–H and O–H groups in total. The van der Waals surface area contributed by atoms with Gasteiger partial charge in [0.1, 0.15) is 18.4 Å². The van der Waals surface area contributed by atoms with E-state index in [1.165, 1.54) is 0 Å². The fourth-order valence-corrected chi connectivity index (χ4v) is 2.33. The Bertz CT molecular complexity index is 687. The van der Waals surface area contributed by atoms with Crippen molar-refractivity contribution in [1.82, 2.24) is 5.32 Å². The molecule has 6 heteroatoms. The molecule has 0 saturated carbocycles. The fourth-order valence-electron chi connectivity index (χ4n) is 2.16. The van der Waals surface area contributed by atoms with Crippen molar-refractivity contribution in [2.45, 2.75) is 6.10 Å². The fraction of sp³-hybridized carbons (Fsp3) is 0.235. The second kappa shape index (κ2) is 7.35. The summed E-state index contributed by atoms with van der Waals surface area (Å²) in [7, 11) is 0. The molecule has 1 heterocycles. The Morgan fingerprint density at radius 2 is 1.96 bits per heavy atom. The van der Waals surface area contributed by atoms with Crippen molar-refractivity contribution < 1.29 is 14.7 Å². The molecule has 0 aliphatic carbocycles. The maximum absolute atomic E-state index is 9.21. The maximum atomic E-state index is 9.21. The molecular formula is C17H17ClN2O3. The first-order valence-corrected chi connectivity index (χ1v) is 7.70. The normalized spacial score (nSPS) is 15.1. The number of oxime groups is 1. The van der Waals surface area contributed by atoms with Gasteiger partial charge in [-0.3, -0.25) is 0 Å². The zero-order valence-electron chi connectivity index (χ0n) is 12.4. The average molecular weight is 333 g/mol. The second-order valence-corrected chi connectivity index (χ2v) is 5.63. The number of hydrogen-bond donors (Lipinski definition) is 2. The van der Waals surface area contributed by atoms with Crippen LogP contribution in [0.15, 0.2) is 53.7 Å². The van der Waals surface area contributed by atoms with E-state index in [-0.39, 0.29) is 12.7 Å². The molecule has 23 heavy (non-hydrogen) atoms. The van der Waals surface area contributed by atoms with E-state index in [0.29, 0.717) is 22.2 Å². The molecule has 1 aliphatic rings. The molecular weight excluding hydrogens is 316 g/mol. The molecule has 0 amide bonds. The molecule has 3 rings (SSSR count). The molecule has 0 bridgehead atoms. The van der Waals surface area contributed by atoms with Crippen molar-refractivity contribution in [2.24, 2.45) is 5.16 Å². The van der Waals surface area contributed by atoms with Crippen LogP contribution in [-0.2, 0) is 0 Å². The first-order chi connectivity index (χ1) is 11.3. The minimum absolute atomic E-state index is 0.121. The lowest BCUT2D eigenvalue weighted by Gasteiger charge is -2.28. The molecule has 5 nitrogen and oxygen atoms in total. The third-order valence-corrected chi connectivity index (χ3v) is 3.77. The van der Waals surface area contributed by atoms with Crippen molar-refractivity contribution in [1.29, 1.82) is 0 Å². The van der Waals surface area contributed by atoms with Gasteiger partial charge in [0.25, 0.3) is 0 Å². The Labute approximate surface area is 139 Å². The highest BCUT2D eigenvalue weighted by atomic mass is 35.5. The molecule has 1 aliphatic heterocycles. The van der Waals surface area contributed by atoms with Gasteiger partial charge in [-0.1, -0.05) is 47.1 Å². The van der Waals surface area contributed by atoms with E-state index in [1.807, 2.05) is 30.3 Å². The Hall–Kier alpha value is -2.24. The maximum Gasteiger partial charge on any atom is 0.163 e. The minimum atomic E-state index is 0.121. The number of ether oxygens (including phenoxy) is 2. The smallest absolute Gasteiger partial charge is 0.163 e. The third kappa shape index (κ3) is 3.94. The Morgan fingerprint density at radius 1 is 1.17 bits per heavy atom. The van der Waals surface area contributed by atoms with Crippen LogP contribution in [0.1, 0.15) is 5.56 Å². The first-order valence-electron chi connectivity index (χ1n) is 7.32. The molecule has 0 aromatic heterocycles. The summed E-state index contributed by atoms with van der Waals surface area (Å²) in [5.41, 5.74) is 1.24. The SMILES string of the molecule is O/N=C(/COc1ccc(Cl)cc1OC1CNC1)c1ccccc1.